The molecule has 14 heavy (non-hydrogen) atoms. The lowest BCUT2D eigenvalue weighted by molar-refractivity contribution is 0.770. The Kier molecular flexibility index (Phi) is 4.79. The Morgan fingerprint density at radius 3 is 2.71 bits per heavy atom. The van der Waals surface area contributed by atoms with Gasteiger partial charge in [-0.05, 0) is 38.0 Å². The minimum Gasteiger partial charge on any atom is -0.261 e. The first kappa shape index (κ1) is 11.9. The van der Waals surface area contributed by atoms with E-state index in [1.54, 1.807) is 11.9 Å². The molecule has 0 unspecified atom stereocenters. The molecule has 0 aromatic heterocycles. The van der Waals surface area contributed by atoms with E-state index in [9.17, 15) is 0 Å². The van der Waals surface area contributed by atoms with Gasteiger partial charge in [-0.15, -0.1) is 0 Å². The van der Waals surface area contributed by atoms with Crippen molar-refractivity contribution in [3.8, 4) is 0 Å². The zero-order chi connectivity index (χ0) is 10.6. The summed E-state index contributed by atoms with van der Waals surface area (Å²) in [5.41, 5.74) is 2.46. The number of aryl methyl sites for hydroxylation is 1. The van der Waals surface area contributed by atoms with Gasteiger partial charge in [-0.1, -0.05) is 35.7 Å². The first-order valence-corrected chi connectivity index (χ1v) is 6.08. The van der Waals surface area contributed by atoms with Crippen molar-refractivity contribution in [1.82, 2.24) is 4.72 Å². The summed E-state index contributed by atoms with van der Waals surface area (Å²) in [7, 11) is 0. The van der Waals surface area contributed by atoms with Crippen LogP contribution in [0.25, 0.3) is 0 Å². The summed E-state index contributed by atoms with van der Waals surface area (Å²) in [6.07, 6.45) is 0. The van der Waals surface area contributed by atoms with E-state index in [0.717, 1.165) is 16.3 Å². The van der Waals surface area contributed by atoms with E-state index >= 15 is 0 Å². The summed E-state index contributed by atoms with van der Waals surface area (Å²) in [6, 6.07) is 6.69. The third-order valence-corrected chi connectivity index (χ3v) is 3.32. The normalized spacial score (nSPS) is 10.9. The summed E-state index contributed by atoms with van der Waals surface area (Å²) in [6.45, 7) is 6.31. The van der Waals surface area contributed by atoms with E-state index in [1.807, 2.05) is 13.0 Å². The number of halogens is 1. The van der Waals surface area contributed by atoms with Gasteiger partial charge in [0.15, 0.2) is 0 Å². The predicted octanol–water partition coefficient (Wildman–Crippen LogP) is 3.79. The van der Waals surface area contributed by atoms with Crippen molar-refractivity contribution in [2.24, 2.45) is 0 Å². The zero-order valence-electron chi connectivity index (χ0n) is 8.80. The van der Waals surface area contributed by atoms with Crippen molar-refractivity contribution in [3.63, 3.8) is 0 Å². The lowest BCUT2D eigenvalue weighted by atomic mass is 10.2. The van der Waals surface area contributed by atoms with Crippen molar-refractivity contribution in [1.29, 1.82) is 0 Å². The highest BCUT2D eigenvalue weighted by Crippen LogP contribution is 2.18. The summed E-state index contributed by atoms with van der Waals surface area (Å²) >= 11 is 7.68. The third kappa shape index (κ3) is 3.91. The van der Waals surface area contributed by atoms with Crippen molar-refractivity contribution >= 4 is 23.5 Å². The van der Waals surface area contributed by atoms with Gasteiger partial charge in [0.25, 0.3) is 0 Å². The van der Waals surface area contributed by atoms with Gasteiger partial charge in [-0.3, -0.25) is 4.72 Å². The molecule has 0 saturated heterocycles. The molecule has 1 aromatic carbocycles. The van der Waals surface area contributed by atoms with Crippen LogP contribution in [-0.4, -0.2) is 6.04 Å². The Bertz CT molecular complexity index is 299. The van der Waals surface area contributed by atoms with Crippen molar-refractivity contribution in [3.05, 3.63) is 34.3 Å². The summed E-state index contributed by atoms with van der Waals surface area (Å²) in [5.74, 6) is 0.982. The molecule has 0 spiro atoms. The lowest BCUT2D eigenvalue weighted by Gasteiger charge is -2.07. The van der Waals surface area contributed by atoms with Gasteiger partial charge < -0.3 is 0 Å². The van der Waals surface area contributed by atoms with E-state index in [0.29, 0.717) is 6.04 Å². The average Bonchev–Trinajstić information content (AvgIpc) is 2.10. The van der Waals surface area contributed by atoms with Crippen LogP contribution >= 0.6 is 23.5 Å². The van der Waals surface area contributed by atoms with Crippen LogP contribution in [0.15, 0.2) is 18.2 Å². The molecule has 0 saturated carbocycles. The van der Waals surface area contributed by atoms with Gasteiger partial charge in [-0.25, -0.2) is 0 Å². The summed E-state index contributed by atoms with van der Waals surface area (Å²) in [4.78, 5) is 0. The molecule has 0 amide bonds. The van der Waals surface area contributed by atoms with Crippen LogP contribution in [-0.2, 0) is 5.75 Å². The molecular formula is C11H16ClNS. The third-order valence-electron chi connectivity index (χ3n) is 1.78. The molecule has 0 bridgehead atoms. The molecule has 1 rings (SSSR count). The van der Waals surface area contributed by atoms with Crippen LogP contribution in [0, 0.1) is 6.92 Å². The van der Waals surface area contributed by atoms with Crippen LogP contribution < -0.4 is 4.72 Å². The molecule has 0 aliphatic heterocycles. The van der Waals surface area contributed by atoms with Crippen LogP contribution in [0.3, 0.4) is 0 Å². The minimum absolute atomic E-state index is 0.522. The Morgan fingerprint density at radius 2 is 2.14 bits per heavy atom. The molecule has 0 fully saturated rings. The maximum absolute atomic E-state index is 5.94. The molecule has 3 heteroatoms. The van der Waals surface area contributed by atoms with Crippen molar-refractivity contribution in [2.75, 3.05) is 0 Å². The highest BCUT2D eigenvalue weighted by molar-refractivity contribution is 7.96. The maximum Gasteiger partial charge on any atom is 0.0435 e. The molecule has 1 aromatic rings. The molecular weight excluding hydrogens is 214 g/mol. The molecule has 0 aliphatic rings. The van der Waals surface area contributed by atoms with E-state index in [2.05, 4.69) is 30.7 Å². The van der Waals surface area contributed by atoms with E-state index in [-0.39, 0.29) is 0 Å². The Hall–Kier alpha value is -0.180. The second-order valence-electron chi connectivity index (χ2n) is 3.64. The number of nitrogens with one attached hydrogen (secondary N) is 1. The van der Waals surface area contributed by atoms with Crippen LogP contribution in [0.4, 0.5) is 0 Å². The smallest absolute Gasteiger partial charge is 0.0435 e. The van der Waals surface area contributed by atoms with Gasteiger partial charge in [0, 0.05) is 16.8 Å². The van der Waals surface area contributed by atoms with E-state index in [4.69, 9.17) is 11.6 Å². The highest BCUT2D eigenvalue weighted by atomic mass is 35.5. The topological polar surface area (TPSA) is 12.0 Å². The fourth-order valence-electron chi connectivity index (χ4n) is 1.09. The van der Waals surface area contributed by atoms with Gasteiger partial charge >= 0.3 is 0 Å². The first-order valence-electron chi connectivity index (χ1n) is 4.72. The molecule has 78 valence electrons. The molecule has 0 heterocycles. The maximum atomic E-state index is 5.94. The van der Waals surface area contributed by atoms with Gasteiger partial charge in [0.2, 0.25) is 0 Å². The Labute approximate surface area is 95.4 Å². The fourth-order valence-corrected chi connectivity index (χ4v) is 1.97. The number of rotatable bonds is 4. The number of hydrogen-bond acceptors (Lipinski definition) is 2. The molecule has 1 N–H and O–H groups in total. The van der Waals surface area contributed by atoms with Crippen LogP contribution in [0.5, 0.6) is 0 Å². The quantitative estimate of drug-likeness (QED) is 0.789. The monoisotopic (exact) mass is 229 g/mol. The van der Waals surface area contributed by atoms with Crippen LogP contribution in [0.2, 0.25) is 5.02 Å². The molecule has 0 radical (unpaired) electrons. The molecule has 0 atom stereocenters. The van der Waals surface area contributed by atoms with Crippen molar-refractivity contribution < 1.29 is 0 Å². The minimum atomic E-state index is 0.522. The molecule has 1 nitrogen and oxygen atoms in total. The first-order chi connectivity index (χ1) is 6.59. The van der Waals surface area contributed by atoms with E-state index in [1.165, 1.54) is 5.56 Å². The second kappa shape index (κ2) is 5.64. The van der Waals surface area contributed by atoms with E-state index < -0.39 is 0 Å². The van der Waals surface area contributed by atoms with Gasteiger partial charge in [0.1, 0.15) is 0 Å². The SMILES string of the molecule is Cc1cc(CSNC(C)C)ccc1Cl. The fraction of sp³-hybridized carbons (Fsp3) is 0.455. The largest absolute Gasteiger partial charge is 0.261 e. The summed E-state index contributed by atoms with van der Waals surface area (Å²) in [5, 5.41) is 0.843. The number of benzene rings is 1. The van der Waals surface area contributed by atoms with Crippen LogP contribution in [0.1, 0.15) is 25.0 Å². The van der Waals surface area contributed by atoms with Gasteiger partial charge in [-0.2, -0.15) is 0 Å². The second-order valence-corrected chi connectivity index (χ2v) is 4.87. The zero-order valence-corrected chi connectivity index (χ0v) is 10.4. The standard InChI is InChI=1S/C11H16ClNS/c1-8(2)13-14-7-10-4-5-11(12)9(3)6-10/h4-6,8,13H,7H2,1-3H3. The summed E-state index contributed by atoms with van der Waals surface area (Å²) < 4.78 is 3.31. The average molecular weight is 230 g/mol. The lowest BCUT2D eigenvalue weighted by Crippen LogP contribution is -2.14. The molecule has 0 aliphatic carbocycles. The Morgan fingerprint density at radius 1 is 1.43 bits per heavy atom. The number of hydrogen-bond donors (Lipinski definition) is 1. The highest BCUT2D eigenvalue weighted by Gasteiger charge is 1.98. The van der Waals surface area contributed by atoms with Crippen molar-refractivity contribution in [2.45, 2.75) is 32.6 Å². The predicted molar refractivity (Wildman–Crippen MR) is 65.8 cm³/mol. The Balaban J connectivity index is 2.47. The van der Waals surface area contributed by atoms with Gasteiger partial charge in [0.05, 0.1) is 0 Å².